The number of rotatable bonds is 4. The van der Waals surface area contributed by atoms with Crippen LogP contribution in [0.25, 0.3) is 0 Å². The molecule has 1 aromatic rings. The molecule has 0 radical (unpaired) electrons. The Morgan fingerprint density at radius 3 is 2.89 bits per heavy atom. The van der Waals surface area contributed by atoms with Crippen LogP contribution in [0, 0.1) is 5.92 Å². The van der Waals surface area contributed by atoms with E-state index in [1.807, 2.05) is 0 Å². The zero-order valence-electron chi connectivity index (χ0n) is 16.5. The third-order valence-corrected chi connectivity index (χ3v) is 8.25. The lowest BCUT2D eigenvalue weighted by Crippen LogP contribution is -2.38. The number of likely N-dealkylation sites (tertiary alicyclic amines) is 1. The van der Waals surface area contributed by atoms with E-state index in [1.54, 1.807) is 18.2 Å². The lowest BCUT2D eigenvalue weighted by molar-refractivity contribution is -0.131. The zero-order chi connectivity index (χ0) is 19.9. The minimum atomic E-state index is -3.33. The summed E-state index contributed by atoms with van der Waals surface area (Å²) < 4.78 is 30.6. The van der Waals surface area contributed by atoms with Crippen molar-refractivity contribution in [2.45, 2.75) is 43.1 Å². The van der Waals surface area contributed by atoms with E-state index in [0.717, 1.165) is 25.2 Å². The van der Waals surface area contributed by atoms with E-state index in [-0.39, 0.29) is 30.5 Å². The summed E-state index contributed by atoms with van der Waals surface area (Å²) in [5, 5.41) is -0.575. The second-order valence-electron chi connectivity index (χ2n) is 8.27. The first-order valence-corrected chi connectivity index (χ1v) is 11.7. The second kappa shape index (κ2) is 7.59. The van der Waals surface area contributed by atoms with Crippen LogP contribution < -0.4 is 4.90 Å². The van der Waals surface area contributed by atoms with Gasteiger partial charge in [-0.25, -0.2) is 18.4 Å². The van der Waals surface area contributed by atoms with Crippen molar-refractivity contribution in [3.05, 3.63) is 17.5 Å². The number of sulfone groups is 1. The highest BCUT2D eigenvalue weighted by Gasteiger charge is 2.48. The molecule has 2 saturated heterocycles. The third kappa shape index (κ3) is 3.61. The van der Waals surface area contributed by atoms with E-state index in [2.05, 4.69) is 16.8 Å². The predicted molar refractivity (Wildman–Crippen MR) is 105 cm³/mol. The van der Waals surface area contributed by atoms with Gasteiger partial charge < -0.3 is 14.5 Å². The summed E-state index contributed by atoms with van der Waals surface area (Å²) in [4.78, 5) is 25.6. The quantitative estimate of drug-likeness (QED) is 0.733. The van der Waals surface area contributed by atoms with Gasteiger partial charge in [-0.3, -0.25) is 4.79 Å². The minimum Gasteiger partial charge on any atom is -0.384 e. The van der Waals surface area contributed by atoms with Crippen molar-refractivity contribution in [3.8, 4) is 0 Å². The molecule has 154 valence electrons. The second-order valence-corrected chi connectivity index (χ2v) is 10.5. The molecule has 1 aromatic heterocycles. The molecule has 0 unspecified atom stereocenters. The van der Waals surface area contributed by atoms with E-state index in [0.29, 0.717) is 30.6 Å². The van der Waals surface area contributed by atoms with E-state index in [1.165, 1.54) is 6.42 Å². The lowest BCUT2D eigenvalue weighted by Gasteiger charge is -2.32. The van der Waals surface area contributed by atoms with Gasteiger partial charge in [0.05, 0.1) is 29.7 Å². The van der Waals surface area contributed by atoms with Crippen molar-refractivity contribution in [1.82, 2.24) is 14.9 Å². The van der Waals surface area contributed by atoms with Gasteiger partial charge in [-0.2, -0.15) is 0 Å². The largest absolute Gasteiger partial charge is 0.384 e. The Hall–Kier alpha value is -1.74. The molecule has 0 spiro atoms. The van der Waals surface area contributed by atoms with Crippen molar-refractivity contribution < 1.29 is 17.9 Å². The number of aromatic nitrogens is 2. The maximum atomic E-state index is 12.8. The molecule has 1 amide bonds. The van der Waals surface area contributed by atoms with E-state index in [9.17, 15) is 13.2 Å². The van der Waals surface area contributed by atoms with Crippen LogP contribution in [0.1, 0.15) is 43.4 Å². The van der Waals surface area contributed by atoms with Crippen molar-refractivity contribution in [2.75, 3.05) is 44.8 Å². The minimum absolute atomic E-state index is 0.0414. The summed E-state index contributed by atoms with van der Waals surface area (Å²) in [5.41, 5.74) is 1.49. The highest BCUT2D eigenvalue weighted by Crippen LogP contribution is 2.40. The Morgan fingerprint density at radius 1 is 1.32 bits per heavy atom. The molecule has 9 heteroatoms. The summed E-state index contributed by atoms with van der Waals surface area (Å²) in [6, 6.07) is 0. The number of amides is 1. The van der Waals surface area contributed by atoms with Gasteiger partial charge in [-0.15, -0.1) is 0 Å². The first-order valence-electron chi connectivity index (χ1n) is 9.98. The number of methoxy groups -OCH3 is 1. The molecular formula is C19H28N4O4S. The van der Waals surface area contributed by atoms with Crippen LogP contribution >= 0.6 is 0 Å². The van der Waals surface area contributed by atoms with Crippen molar-refractivity contribution in [2.24, 2.45) is 5.92 Å². The SMILES string of the molecule is COCCC(=O)N1C[C@@H]2c3nc(N4CCC[C@H](C)C4)ncc3CS(=O)(=O)[C@@H]2C1. The number of nitrogens with zero attached hydrogens (tertiary/aromatic N) is 4. The summed E-state index contributed by atoms with van der Waals surface area (Å²) >= 11 is 0. The van der Waals surface area contributed by atoms with Crippen LogP contribution in [0.5, 0.6) is 0 Å². The van der Waals surface area contributed by atoms with Crippen LogP contribution in [0.15, 0.2) is 6.20 Å². The average molecular weight is 409 g/mol. The molecule has 0 N–H and O–H groups in total. The van der Waals surface area contributed by atoms with Gasteiger partial charge in [-0.05, 0) is 18.8 Å². The molecule has 0 bridgehead atoms. The number of piperidine rings is 1. The highest BCUT2D eigenvalue weighted by molar-refractivity contribution is 7.91. The number of ether oxygens (including phenoxy) is 1. The molecule has 0 saturated carbocycles. The van der Waals surface area contributed by atoms with Crippen LogP contribution in [0.3, 0.4) is 0 Å². The Balaban J connectivity index is 1.62. The lowest BCUT2D eigenvalue weighted by atomic mass is 9.99. The van der Waals surface area contributed by atoms with Crippen LogP contribution in [-0.4, -0.2) is 74.3 Å². The van der Waals surface area contributed by atoms with E-state index >= 15 is 0 Å². The van der Waals surface area contributed by atoms with Gasteiger partial charge in [0.25, 0.3) is 0 Å². The number of carbonyl (C=O) groups excluding carboxylic acids is 1. The molecular weight excluding hydrogens is 380 g/mol. The Labute approximate surface area is 166 Å². The standard InChI is InChI=1S/C19H28N4O4S/c1-13-4-3-6-22(9-13)19-20-8-14-12-28(25,26)16-11-23(17(24)5-7-27-2)10-15(16)18(14)21-19/h8,13,15-16H,3-7,9-12H2,1-2H3/t13-,15-,16+/m0/s1. The fourth-order valence-corrected chi connectivity index (χ4v) is 6.63. The predicted octanol–water partition coefficient (Wildman–Crippen LogP) is 0.972. The molecule has 28 heavy (non-hydrogen) atoms. The fraction of sp³-hybridized carbons (Fsp3) is 0.737. The molecule has 3 aliphatic rings. The van der Waals surface area contributed by atoms with Crippen molar-refractivity contribution in [3.63, 3.8) is 0 Å². The van der Waals surface area contributed by atoms with Gasteiger partial charge in [0.1, 0.15) is 0 Å². The van der Waals surface area contributed by atoms with E-state index in [4.69, 9.17) is 9.72 Å². The average Bonchev–Trinajstić information content (AvgIpc) is 3.13. The molecule has 8 nitrogen and oxygen atoms in total. The monoisotopic (exact) mass is 408 g/mol. The van der Waals surface area contributed by atoms with Crippen LogP contribution in [0.2, 0.25) is 0 Å². The van der Waals surface area contributed by atoms with Crippen LogP contribution in [-0.2, 0) is 25.1 Å². The topological polar surface area (TPSA) is 92.7 Å². The summed E-state index contributed by atoms with van der Waals surface area (Å²) in [6.45, 7) is 5.06. The van der Waals surface area contributed by atoms with Gasteiger partial charge in [0.2, 0.25) is 11.9 Å². The third-order valence-electron chi connectivity index (χ3n) is 6.13. The fourth-order valence-electron chi connectivity index (χ4n) is 4.64. The molecule has 3 aliphatic heterocycles. The smallest absolute Gasteiger partial charge is 0.225 e. The van der Waals surface area contributed by atoms with Gasteiger partial charge in [0.15, 0.2) is 9.84 Å². The normalized spacial score (nSPS) is 28.7. The van der Waals surface area contributed by atoms with Gasteiger partial charge >= 0.3 is 0 Å². The summed E-state index contributed by atoms with van der Waals surface area (Å²) in [5.74, 6) is 0.908. The number of anilines is 1. The van der Waals surface area contributed by atoms with Crippen LogP contribution in [0.4, 0.5) is 5.95 Å². The Morgan fingerprint density at radius 2 is 2.14 bits per heavy atom. The highest BCUT2D eigenvalue weighted by atomic mass is 32.2. The van der Waals surface area contributed by atoms with Crippen molar-refractivity contribution in [1.29, 1.82) is 0 Å². The first-order chi connectivity index (χ1) is 13.4. The first kappa shape index (κ1) is 19.6. The zero-order valence-corrected chi connectivity index (χ0v) is 17.3. The maximum Gasteiger partial charge on any atom is 0.225 e. The summed E-state index contributed by atoms with van der Waals surface area (Å²) in [6.07, 6.45) is 4.27. The Bertz CT molecular complexity index is 859. The number of hydrogen-bond acceptors (Lipinski definition) is 7. The van der Waals surface area contributed by atoms with Crippen molar-refractivity contribution >= 4 is 21.7 Å². The molecule has 2 fully saturated rings. The summed E-state index contributed by atoms with van der Waals surface area (Å²) in [7, 11) is -1.77. The van der Waals surface area contributed by atoms with Gasteiger partial charge in [0, 0.05) is 51.0 Å². The molecule has 0 aliphatic carbocycles. The Kier molecular flexibility index (Phi) is 5.30. The van der Waals surface area contributed by atoms with E-state index < -0.39 is 15.1 Å². The molecule has 4 heterocycles. The number of carbonyl (C=O) groups is 1. The molecule has 0 aromatic carbocycles. The maximum absolute atomic E-state index is 12.8. The number of hydrogen-bond donors (Lipinski definition) is 0. The van der Waals surface area contributed by atoms with Gasteiger partial charge in [-0.1, -0.05) is 6.92 Å². The number of fused-ring (bicyclic) bond motifs is 3. The molecule has 3 atom stereocenters. The molecule has 4 rings (SSSR count).